The molecule has 1 aromatic rings. The van der Waals surface area contributed by atoms with Crippen LogP contribution in [0.2, 0.25) is 5.82 Å². The van der Waals surface area contributed by atoms with Crippen molar-refractivity contribution < 1.29 is 9.31 Å². The third-order valence-electron chi connectivity index (χ3n) is 4.69. The van der Waals surface area contributed by atoms with E-state index >= 15 is 0 Å². The molecule has 18 heavy (non-hydrogen) atoms. The van der Waals surface area contributed by atoms with Gasteiger partial charge in [0, 0.05) is 5.82 Å². The molecule has 1 aliphatic carbocycles. The minimum atomic E-state index is -0.207. The molecule has 3 rings (SSSR count). The molecule has 2 nitrogen and oxygen atoms in total. The van der Waals surface area contributed by atoms with Gasteiger partial charge in [0.15, 0.2) is 0 Å². The van der Waals surface area contributed by atoms with Crippen LogP contribution in [0.15, 0.2) is 30.3 Å². The molecule has 1 aromatic carbocycles. The minimum Gasteiger partial charge on any atom is -0.403 e. The standard InChI is InChI=1S/C15H21BO2/c1-14(2)15(3,4)18-16(17-14)13-10-12(13)11-8-6-5-7-9-11/h5-9,12-13H,10H2,1-4H3. The van der Waals surface area contributed by atoms with Crippen molar-refractivity contribution in [2.24, 2.45) is 0 Å². The van der Waals surface area contributed by atoms with Gasteiger partial charge < -0.3 is 9.31 Å². The van der Waals surface area contributed by atoms with Gasteiger partial charge in [-0.25, -0.2) is 0 Å². The molecule has 2 atom stereocenters. The zero-order valence-corrected chi connectivity index (χ0v) is 11.6. The van der Waals surface area contributed by atoms with Crippen molar-refractivity contribution >= 4 is 7.12 Å². The van der Waals surface area contributed by atoms with E-state index in [-0.39, 0.29) is 18.3 Å². The lowest BCUT2D eigenvalue weighted by molar-refractivity contribution is 0.00578. The fourth-order valence-corrected chi connectivity index (χ4v) is 2.66. The van der Waals surface area contributed by atoms with Crippen LogP contribution >= 0.6 is 0 Å². The molecule has 96 valence electrons. The van der Waals surface area contributed by atoms with E-state index in [2.05, 4.69) is 58.0 Å². The molecule has 2 fully saturated rings. The fraction of sp³-hybridized carbons (Fsp3) is 0.600. The monoisotopic (exact) mass is 244 g/mol. The Hall–Kier alpha value is -0.795. The molecular formula is C15H21BO2. The third-order valence-corrected chi connectivity index (χ3v) is 4.69. The summed E-state index contributed by atoms with van der Waals surface area (Å²) in [6.45, 7) is 8.47. The SMILES string of the molecule is CC1(C)OB(C2CC2c2ccccc2)OC1(C)C. The second-order valence-corrected chi connectivity index (χ2v) is 6.54. The molecule has 1 saturated carbocycles. The number of hydrogen-bond acceptors (Lipinski definition) is 2. The topological polar surface area (TPSA) is 18.5 Å². The van der Waals surface area contributed by atoms with Crippen molar-refractivity contribution in [1.29, 1.82) is 0 Å². The summed E-state index contributed by atoms with van der Waals surface area (Å²) in [5, 5.41) is 0. The quantitative estimate of drug-likeness (QED) is 0.739. The Kier molecular flexibility index (Phi) is 2.62. The van der Waals surface area contributed by atoms with Gasteiger partial charge in [0.05, 0.1) is 11.2 Å². The van der Waals surface area contributed by atoms with Gasteiger partial charge >= 0.3 is 7.12 Å². The highest BCUT2D eigenvalue weighted by Crippen LogP contribution is 2.58. The highest BCUT2D eigenvalue weighted by atomic mass is 16.7. The maximum atomic E-state index is 6.12. The first-order valence-electron chi connectivity index (χ1n) is 6.81. The lowest BCUT2D eigenvalue weighted by atomic mass is 9.79. The summed E-state index contributed by atoms with van der Waals surface area (Å²) < 4.78 is 12.2. The van der Waals surface area contributed by atoms with Crippen LogP contribution in [0.3, 0.4) is 0 Å². The Morgan fingerprint density at radius 3 is 2.11 bits per heavy atom. The van der Waals surface area contributed by atoms with Crippen molar-refractivity contribution in [2.45, 2.75) is 57.1 Å². The molecular weight excluding hydrogens is 223 g/mol. The summed E-state index contributed by atoms with van der Waals surface area (Å²) in [7, 11) is -0.0415. The van der Waals surface area contributed by atoms with Gasteiger partial charge in [-0.05, 0) is 45.6 Å². The van der Waals surface area contributed by atoms with Crippen molar-refractivity contribution in [1.82, 2.24) is 0 Å². The van der Waals surface area contributed by atoms with Gasteiger partial charge in [-0.3, -0.25) is 0 Å². The summed E-state index contributed by atoms with van der Waals surface area (Å²) >= 11 is 0. The summed E-state index contributed by atoms with van der Waals surface area (Å²) in [5.41, 5.74) is 1.00. The average Bonchev–Trinajstić information content (AvgIpc) is 3.04. The molecule has 0 N–H and O–H groups in total. The normalized spacial score (nSPS) is 32.6. The lowest BCUT2D eigenvalue weighted by Gasteiger charge is -2.32. The predicted molar refractivity (Wildman–Crippen MR) is 73.6 cm³/mol. The minimum absolute atomic E-state index is 0.0415. The van der Waals surface area contributed by atoms with Gasteiger partial charge in [-0.1, -0.05) is 30.3 Å². The Morgan fingerprint density at radius 2 is 1.56 bits per heavy atom. The van der Waals surface area contributed by atoms with Crippen molar-refractivity contribution in [3.05, 3.63) is 35.9 Å². The fourth-order valence-electron chi connectivity index (χ4n) is 2.66. The first-order valence-corrected chi connectivity index (χ1v) is 6.81. The highest BCUT2D eigenvalue weighted by molar-refractivity contribution is 6.49. The van der Waals surface area contributed by atoms with Crippen LogP contribution in [0.4, 0.5) is 0 Å². The summed E-state index contributed by atoms with van der Waals surface area (Å²) in [4.78, 5) is 0. The maximum absolute atomic E-state index is 6.12. The second kappa shape index (κ2) is 3.85. The molecule has 1 saturated heterocycles. The smallest absolute Gasteiger partial charge is 0.403 e. The van der Waals surface area contributed by atoms with Crippen LogP contribution in [-0.4, -0.2) is 18.3 Å². The van der Waals surface area contributed by atoms with E-state index in [1.807, 2.05) is 0 Å². The molecule has 1 heterocycles. The Morgan fingerprint density at radius 1 is 1.00 bits per heavy atom. The van der Waals surface area contributed by atoms with Gasteiger partial charge in [0.1, 0.15) is 0 Å². The average molecular weight is 244 g/mol. The molecule has 0 aromatic heterocycles. The predicted octanol–water partition coefficient (Wildman–Crippen LogP) is 3.64. The zero-order valence-electron chi connectivity index (χ0n) is 11.6. The Balaban J connectivity index is 1.70. The zero-order chi connectivity index (χ0) is 13.0. The van der Waals surface area contributed by atoms with Gasteiger partial charge in [0.25, 0.3) is 0 Å². The van der Waals surface area contributed by atoms with Crippen LogP contribution in [0.5, 0.6) is 0 Å². The number of rotatable bonds is 2. The van der Waals surface area contributed by atoms with E-state index in [1.165, 1.54) is 12.0 Å². The van der Waals surface area contributed by atoms with E-state index in [1.54, 1.807) is 0 Å². The van der Waals surface area contributed by atoms with Crippen LogP contribution < -0.4 is 0 Å². The van der Waals surface area contributed by atoms with E-state index in [0.29, 0.717) is 11.7 Å². The van der Waals surface area contributed by atoms with Crippen LogP contribution in [0.1, 0.15) is 45.6 Å². The Labute approximate surface area is 110 Å². The Bertz CT molecular complexity index is 425. The largest absolute Gasteiger partial charge is 0.461 e. The molecule has 2 unspecified atom stereocenters. The van der Waals surface area contributed by atoms with Crippen LogP contribution in [0.25, 0.3) is 0 Å². The van der Waals surface area contributed by atoms with Crippen LogP contribution in [0, 0.1) is 0 Å². The molecule has 0 spiro atoms. The number of benzene rings is 1. The molecule has 3 heteroatoms. The van der Waals surface area contributed by atoms with E-state index in [0.717, 1.165) is 0 Å². The van der Waals surface area contributed by atoms with Crippen molar-refractivity contribution in [3.8, 4) is 0 Å². The highest BCUT2D eigenvalue weighted by Gasteiger charge is 2.59. The van der Waals surface area contributed by atoms with Crippen molar-refractivity contribution in [2.75, 3.05) is 0 Å². The molecule has 2 aliphatic rings. The van der Waals surface area contributed by atoms with Gasteiger partial charge in [0.2, 0.25) is 0 Å². The third kappa shape index (κ3) is 1.90. The molecule has 0 bridgehead atoms. The molecule has 0 amide bonds. The van der Waals surface area contributed by atoms with Crippen LogP contribution in [-0.2, 0) is 9.31 Å². The summed E-state index contributed by atoms with van der Waals surface area (Å²) in [5.74, 6) is 1.13. The van der Waals surface area contributed by atoms with Gasteiger partial charge in [-0.15, -0.1) is 0 Å². The van der Waals surface area contributed by atoms with Gasteiger partial charge in [-0.2, -0.15) is 0 Å². The molecule has 0 radical (unpaired) electrons. The maximum Gasteiger partial charge on any atom is 0.461 e. The van der Waals surface area contributed by atoms with E-state index < -0.39 is 0 Å². The molecule has 1 aliphatic heterocycles. The lowest BCUT2D eigenvalue weighted by Crippen LogP contribution is -2.41. The van der Waals surface area contributed by atoms with E-state index in [9.17, 15) is 0 Å². The van der Waals surface area contributed by atoms with E-state index in [4.69, 9.17) is 9.31 Å². The second-order valence-electron chi connectivity index (χ2n) is 6.54. The number of hydrogen-bond donors (Lipinski definition) is 0. The first-order chi connectivity index (χ1) is 8.41. The van der Waals surface area contributed by atoms with Crippen molar-refractivity contribution in [3.63, 3.8) is 0 Å². The summed E-state index contributed by atoms with van der Waals surface area (Å²) in [6, 6.07) is 10.7. The first kappa shape index (κ1) is 12.2. The summed E-state index contributed by atoms with van der Waals surface area (Å²) in [6.07, 6.45) is 1.18.